The first-order valence-electron chi connectivity index (χ1n) is 7.25. The van der Waals surface area contributed by atoms with Gasteiger partial charge in [-0.05, 0) is 37.8 Å². The van der Waals surface area contributed by atoms with Gasteiger partial charge >= 0.3 is 0 Å². The summed E-state index contributed by atoms with van der Waals surface area (Å²) in [6, 6.07) is 6.46. The summed E-state index contributed by atoms with van der Waals surface area (Å²) in [6.45, 7) is 4.04. The molecule has 0 aliphatic heterocycles. The van der Waals surface area contributed by atoms with Crippen molar-refractivity contribution in [3.8, 4) is 0 Å². The molecule has 1 atom stereocenters. The van der Waals surface area contributed by atoms with Crippen LogP contribution in [0.5, 0.6) is 0 Å². The van der Waals surface area contributed by atoms with E-state index >= 15 is 0 Å². The normalized spacial score (nSPS) is 17.1. The largest absolute Gasteiger partial charge is 0.353 e. The Morgan fingerprint density at radius 3 is 2.70 bits per heavy atom. The molecule has 20 heavy (non-hydrogen) atoms. The van der Waals surface area contributed by atoms with Gasteiger partial charge in [-0.25, -0.2) is 0 Å². The van der Waals surface area contributed by atoms with Crippen LogP contribution in [0.3, 0.4) is 0 Å². The van der Waals surface area contributed by atoms with E-state index in [9.17, 15) is 9.00 Å². The zero-order chi connectivity index (χ0) is 14.5. The van der Waals surface area contributed by atoms with Crippen molar-refractivity contribution in [1.29, 1.82) is 0 Å². The molecule has 0 bridgehead atoms. The first-order chi connectivity index (χ1) is 9.54. The predicted molar refractivity (Wildman–Crippen MR) is 83.0 cm³/mol. The maximum atomic E-state index is 12.1. The summed E-state index contributed by atoms with van der Waals surface area (Å²) in [7, 11) is -1.13. The minimum absolute atomic E-state index is 0.0689. The van der Waals surface area contributed by atoms with Gasteiger partial charge in [-0.1, -0.05) is 36.6 Å². The number of benzene rings is 1. The lowest BCUT2D eigenvalue weighted by molar-refractivity contribution is -0.119. The average Bonchev–Trinajstić information content (AvgIpc) is 2.86. The van der Waals surface area contributed by atoms with Crippen LogP contribution in [-0.4, -0.2) is 21.9 Å². The van der Waals surface area contributed by atoms with Crippen LogP contribution in [0.4, 0.5) is 0 Å². The molecule has 1 N–H and O–H groups in total. The molecule has 0 aromatic heterocycles. The highest BCUT2D eigenvalue weighted by Crippen LogP contribution is 2.17. The van der Waals surface area contributed by atoms with Crippen LogP contribution in [-0.2, 0) is 21.3 Å². The maximum Gasteiger partial charge on any atom is 0.232 e. The minimum Gasteiger partial charge on any atom is -0.353 e. The van der Waals surface area contributed by atoms with E-state index in [4.69, 9.17) is 0 Å². The summed E-state index contributed by atoms with van der Waals surface area (Å²) >= 11 is 0. The lowest BCUT2D eigenvalue weighted by atomic mass is 10.1. The first kappa shape index (κ1) is 15.2. The Bertz CT molecular complexity index is 507. The van der Waals surface area contributed by atoms with Crippen molar-refractivity contribution in [2.24, 2.45) is 0 Å². The monoisotopic (exact) mass is 293 g/mol. The molecule has 1 fully saturated rings. The third-order valence-electron chi connectivity index (χ3n) is 3.83. The van der Waals surface area contributed by atoms with E-state index in [1.807, 2.05) is 19.9 Å². The summed E-state index contributed by atoms with van der Waals surface area (Å²) in [5.41, 5.74) is 3.38. The number of carbonyl (C=O) groups excluding carboxylic acids is 1. The second kappa shape index (κ2) is 7.02. The zero-order valence-corrected chi connectivity index (χ0v) is 13.1. The van der Waals surface area contributed by atoms with E-state index in [1.165, 1.54) is 12.8 Å². The summed E-state index contributed by atoms with van der Waals surface area (Å²) in [6.07, 6.45) is 4.51. The smallest absolute Gasteiger partial charge is 0.232 e. The number of nitrogens with one attached hydrogen (secondary N) is 1. The lowest BCUT2D eigenvalue weighted by Crippen LogP contribution is -2.35. The molecule has 0 unspecified atom stereocenters. The van der Waals surface area contributed by atoms with Crippen LogP contribution < -0.4 is 5.32 Å². The highest BCUT2D eigenvalue weighted by molar-refractivity contribution is 7.84. The van der Waals surface area contributed by atoms with E-state index in [-0.39, 0.29) is 11.7 Å². The Hall–Kier alpha value is -1.16. The first-order valence-corrected chi connectivity index (χ1v) is 8.74. The standard InChI is InChI=1S/C16H23NO2S/c1-12-7-8-13(2)14(9-12)10-20(19)11-16(18)17-15-5-3-4-6-15/h7-9,15H,3-6,10-11H2,1-2H3,(H,17,18)/t20-/m0/s1. The number of hydrogen-bond acceptors (Lipinski definition) is 2. The van der Waals surface area contributed by atoms with Gasteiger partial charge in [0.15, 0.2) is 0 Å². The summed E-state index contributed by atoms with van der Waals surface area (Å²) in [4.78, 5) is 11.8. The van der Waals surface area contributed by atoms with Crippen molar-refractivity contribution in [1.82, 2.24) is 5.32 Å². The van der Waals surface area contributed by atoms with E-state index in [2.05, 4.69) is 17.4 Å². The lowest BCUT2D eigenvalue weighted by Gasteiger charge is -2.12. The molecule has 110 valence electrons. The topological polar surface area (TPSA) is 46.2 Å². The summed E-state index contributed by atoms with van der Waals surface area (Å²) < 4.78 is 12.1. The molecule has 1 aliphatic carbocycles. The van der Waals surface area contributed by atoms with Gasteiger partial charge in [0.25, 0.3) is 0 Å². The van der Waals surface area contributed by atoms with Crippen LogP contribution in [0.1, 0.15) is 42.4 Å². The number of carbonyl (C=O) groups is 1. The Morgan fingerprint density at radius 1 is 1.30 bits per heavy atom. The molecule has 1 saturated carbocycles. The third-order valence-corrected chi connectivity index (χ3v) is 5.05. The van der Waals surface area contributed by atoms with Gasteiger partial charge in [0.05, 0.1) is 0 Å². The molecule has 2 rings (SSSR count). The number of amides is 1. The van der Waals surface area contributed by atoms with Crippen molar-refractivity contribution in [3.63, 3.8) is 0 Å². The SMILES string of the molecule is Cc1ccc(C)c(C[S@](=O)CC(=O)NC2CCCC2)c1. The van der Waals surface area contributed by atoms with Gasteiger partial charge in [-0.2, -0.15) is 0 Å². The van der Waals surface area contributed by atoms with E-state index < -0.39 is 10.8 Å². The van der Waals surface area contributed by atoms with Gasteiger partial charge in [0.2, 0.25) is 5.91 Å². The van der Waals surface area contributed by atoms with Crippen LogP contribution in [0.15, 0.2) is 18.2 Å². The van der Waals surface area contributed by atoms with Gasteiger partial charge in [-0.15, -0.1) is 0 Å². The maximum absolute atomic E-state index is 12.1. The molecule has 1 aromatic carbocycles. The highest BCUT2D eigenvalue weighted by Gasteiger charge is 2.18. The highest BCUT2D eigenvalue weighted by atomic mass is 32.2. The molecule has 4 heteroatoms. The molecule has 0 saturated heterocycles. The molecule has 0 radical (unpaired) electrons. The third kappa shape index (κ3) is 4.44. The van der Waals surface area contributed by atoms with Gasteiger partial charge in [0, 0.05) is 22.6 Å². The average molecular weight is 293 g/mol. The molecular weight excluding hydrogens is 270 g/mol. The Kier molecular flexibility index (Phi) is 5.35. The Morgan fingerprint density at radius 2 is 2.00 bits per heavy atom. The second-order valence-corrected chi connectivity index (χ2v) is 7.16. The van der Waals surface area contributed by atoms with Crippen LogP contribution in [0.2, 0.25) is 0 Å². The summed E-state index contributed by atoms with van der Waals surface area (Å²) in [5, 5.41) is 2.99. The van der Waals surface area contributed by atoms with E-state index in [0.717, 1.165) is 29.5 Å². The van der Waals surface area contributed by atoms with E-state index in [0.29, 0.717) is 11.8 Å². The van der Waals surface area contributed by atoms with Crippen LogP contribution in [0, 0.1) is 13.8 Å². The summed E-state index contributed by atoms with van der Waals surface area (Å²) in [5.74, 6) is 0.510. The molecule has 1 amide bonds. The Balaban J connectivity index is 1.85. The molecule has 3 nitrogen and oxygen atoms in total. The number of hydrogen-bond donors (Lipinski definition) is 1. The fourth-order valence-corrected chi connectivity index (χ4v) is 3.80. The van der Waals surface area contributed by atoms with Crippen molar-refractivity contribution < 1.29 is 9.00 Å². The van der Waals surface area contributed by atoms with Crippen molar-refractivity contribution >= 4 is 16.7 Å². The van der Waals surface area contributed by atoms with Crippen LogP contribution >= 0.6 is 0 Å². The molecule has 0 spiro atoms. The van der Waals surface area contributed by atoms with Crippen molar-refractivity contribution in [2.75, 3.05) is 5.75 Å². The quantitative estimate of drug-likeness (QED) is 0.907. The molecule has 1 aliphatic rings. The predicted octanol–water partition coefficient (Wildman–Crippen LogP) is 2.61. The fraction of sp³-hybridized carbons (Fsp3) is 0.562. The van der Waals surface area contributed by atoms with Crippen LogP contribution in [0.25, 0.3) is 0 Å². The van der Waals surface area contributed by atoms with E-state index in [1.54, 1.807) is 0 Å². The molecular formula is C16H23NO2S. The molecule has 1 aromatic rings. The zero-order valence-electron chi connectivity index (χ0n) is 12.3. The van der Waals surface area contributed by atoms with Gasteiger partial charge < -0.3 is 5.32 Å². The van der Waals surface area contributed by atoms with Crippen molar-refractivity contribution in [3.05, 3.63) is 34.9 Å². The number of aryl methyl sites for hydroxylation is 2. The minimum atomic E-state index is -1.13. The molecule has 0 heterocycles. The number of rotatable bonds is 5. The fourth-order valence-electron chi connectivity index (χ4n) is 2.67. The van der Waals surface area contributed by atoms with Gasteiger partial charge in [0.1, 0.15) is 5.75 Å². The second-order valence-electron chi connectivity index (χ2n) is 5.71. The Labute approximate surface area is 123 Å². The van der Waals surface area contributed by atoms with Gasteiger partial charge in [-0.3, -0.25) is 9.00 Å². The van der Waals surface area contributed by atoms with Crippen molar-refractivity contribution in [2.45, 2.75) is 51.3 Å².